The standard InChI is InChI=1S/C13H12BrNO6S3/c1-23(18,19)11-3-2-8(6-9(11)14)24(20,21)12-4-5-22-10(12)7-15-13(16)17/h2-6,15H,7H2,1H3,(H,16,17). The minimum Gasteiger partial charge on any atom is -0.465 e. The largest absolute Gasteiger partial charge is 0.465 e. The molecule has 130 valence electrons. The Morgan fingerprint density at radius 1 is 1.21 bits per heavy atom. The van der Waals surface area contributed by atoms with Gasteiger partial charge in [0.05, 0.1) is 21.2 Å². The first-order valence-electron chi connectivity index (χ1n) is 6.31. The number of hydrogen-bond donors (Lipinski definition) is 2. The average Bonchev–Trinajstić information content (AvgIpc) is 2.92. The van der Waals surface area contributed by atoms with E-state index in [4.69, 9.17) is 5.11 Å². The number of thiophene rings is 1. The number of carboxylic acid groups (broad SMARTS) is 1. The van der Waals surface area contributed by atoms with Crippen molar-refractivity contribution in [1.29, 1.82) is 0 Å². The highest BCUT2D eigenvalue weighted by molar-refractivity contribution is 9.10. The molecule has 24 heavy (non-hydrogen) atoms. The van der Waals surface area contributed by atoms with Gasteiger partial charge in [0, 0.05) is 15.6 Å². The molecule has 0 aliphatic heterocycles. The molecule has 0 aliphatic rings. The van der Waals surface area contributed by atoms with Crippen LogP contribution in [0.25, 0.3) is 0 Å². The fourth-order valence-electron chi connectivity index (χ4n) is 1.93. The van der Waals surface area contributed by atoms with Gasteiger partial charge >= 0.3 is 6.09 Å². The number of carbonyl (C=O) groups is 1. The molecule has 0 saturated carbocycles. The van der Waals surface area contributed by atoms with Crippen LogP contribution >= 0.6 is 27.3 Å². The van der Waals surface area contributed by atoms with Crippen LogP contribution in [0.4, 0.5) is 4.79 Å². The van der Waals surface area contributed by atoms with Crippen LogP contribution in [0.1, 0.15) is 4.88 Å². The first-order valence-corrected chi connectivity index (χ1v) is 11.4. The fraction of sp³-hybridized carbons (Fsp3) is 0.154. The molecule has 11 heteroatoms. The minimum absolute atomic E-state index is 0.0137. The Hall–Kier alpha value is -1.43. The first-order chi connectivity index (χ1) is 11.0. The third-order valence-corrected chi connectivity index (χ3v) is 7.97. The highest BCUT2D eigenvalue weighted by Gasteiger charge is 2.24. The molecule has 7 nitrogen and oxygen atoms in total. The summed E-state index contributed by atoms with van der Waals surface area (Å²) in [5, 5.41) is 12.3. The first kappa shape index (κ1) is 18.9. The van der Waals surface area contributed by atoms with Crippen molar-refractivity contribution in [3.05, 3.63) is 39.0 Å². The lowest BCUT2D eigenvalue weighted by Crippen LogP contribution is -2.20. The topological polar surface area (TPSA) is 118 Å². The van der Waals surface area contributed by atoms with E-state index < -0.39 is 25.8 Å². The number of nitrogens with one attached hydrogen (secondary N) is 1. The molecule has 1 amide bonds. The molecule has 0 unspecified atom stereocenters. The molecule has 0 radical (unpaired) electrons. The van der Waals surface area contributed by atoms with Gasteiger partial charge in [-0.05, 0) is 45.6 Å². The normalized spacial score (nSPS) is 12.1. The number of benzene rings is 1. The van der Waals surface area contributed by atoms with Gasteiger partial charge in [0.1, 0.15) is 0 Å². The van der Waals surface area contributed by atoms with Gasteiger partial charge in [0.25, 0.3) is 0 Å². The van der Waals surface area contributed by atoms with Gasteiger partial charge < -0.3 is 10.4 Å². The zero-order valence-corrected chi connectivity index (χ0v) is 16.2. The second-order valence-corrected chi connectivity index (χ2v) is 10.5. The van der Waals surface area contributed by atoms with Crippen molar-refractivity contribution in [3.8, 4) is 0 Å². The third kappa shape index (κ3) is 3.97. The summed E-state index contributed by atoms with van der Waals surface area (Å²) in [5.74, 6) is 0. The highest BCUT2D eigenvalue weighted by Crippen LogP contribution is 2.31. The van der Waals surface area contributed by atoms with E-state index in [1.807, 2.05) is 0 Å². The molecule has 1 aromatic carbocycles. The van der Waals surface area contributed by atoms with E-state index >= 15 is 0 Å². The molecular formula is C13H12BrNO6S3. The van der Waals surface area contributed by atoms with Crippen LogP contribution in [0.3, 0.4) is 0 Å². The summed E-state index contributed by atoms with van der Waals surface area (Å²) in [4.78, 5) is 10.8. The van der Waals surface area contributed by atoms with Crippen molar-refractivity contribution in [1.82, 2.24) is 5.32 Å². The van der Waals surface area contributed by atoms with Crippen LogP contribution < -0.4 is 5.32 Å². The molecule has 0 atom stereocenters. The Balaban J connectivity index is 2.47. The van der Waals surface area contributed by atoms with Crippen molar-refractivity contribution in [2.24, 2.45) is 0 Å². The number of sulfone groups is 2. The van der Waals surface area contributed by atoms with Crippen LogP contribution in [0.15, 0.2) is 48.8 Å². The van der Waals surface area contributed by atoms with Crippen molar-refractivity contribution >= 4 is 53.0 Å². The van der Waals surface area contributed by atoms with Gasteiger partial charge in [-0.3, -0.25) is 0 Å². The van der Waals surface area contributed by atoms with E-state index in [-0.39, 0.29) is 25.7 Å². The molecule has 2 aromatic rings. The molecule has 0 bridgehead atoms. The van der Waals surface area contributed by atoms with E-state index in [1.54, 1.807) is 5.38 Å². The Labute approximate surface area is 151 Å². The summed E-state index contributed by atoms with van der Waals surface area (Å²) in [6, 6.07) is 5.03. The Morgan fingerprint density at radius 3 is 2.42 bits per heavy atom. The van der Waals surface area contributed by atoms with E-state index in [0.29, 0.717) is 4.88 Å². The quantitative estimate of drug-likeness (QED) is 0.717. The summed E-state index contributed by atoms with van der Waals surface area (Å²) in [7, 11) is -7.40. The van der Waals surface area contributed by atoms with Crippen molar-refractivity contribution in [2.45, 2.75) is 21.2 Å². The average molecular weight is 454 g/mol. The predicted octanol–water partition coefficient (Wildman–Crippen LogP) is 2.51. The molecule has 2 rings (SSSR count). The summed E-state index contributed by atoms with van der Waals surface area (Å²) in [5.41, 5.74) is 0. The van der Waals surface area contributed by atoms with E-state index in [2.05, 4.69) is 21.2 Å². The van der Waals surface area contributed by atoms with E-state index in [9.17, 15) is 21.6 Å². The van der Waals surface area contributed by atoms with E-state index in [1.165, 1.54) is 24.3 Å². The zero-order valence-electron chi connectivity index (χ0n) is 12.2. The smallest absolute Gasteiger partial charge is 0.404 e. The molecular weight excluding hydrogens is 442 g/mol. The molecule has 0 spiro atoms. The summed E-state index contributed by atoms with van der Waals surface area (Å²) in [6.45, 7) is -0.135. The molecule has 0 aliphatic carbocycles. The van der Waals surface area contributed by atoms with Crippen LogP contribution in [0, 0.1) is 0 Å². The van der Waals surface area contributed by atoms with Gasteiger partial charge in [0.2, 0.25) is 9.84 Å². The van der Waals surface area contributed by atoms with Gasteiger partial charge in [-0.25, -0.2) is 21.6 Å². The predicted molar refractivity (Wildman–Crippen MR) is 91.9 cm³/mol. The van der Waals surface area contributed by atoms with Gasteiger partial charge in [-0.2, -0.15) is 0 Å². The monoisotopic (exact) mass is 453 g/mol. The SMILES string of the molecule is CS(=O)(=O)c1ccc(S(=O)(=O)c2ccsc2CNC(=O)O)cc1Br. The minimum atomic E-state index is -3.91. The van der Waals surface area contributed by atoms with E-state index in [0.717, 1.165) is 17.6 Å². The second kappa shape index (κ2) is 6.82. The Morgan fingerprint density at radius 2 is 1.88 bits per heavy atom. The van der Waals surface area contributed by atoms with Crippen molar-refractivity contribution in [3.63, 3.8) is 0 Å². The lowest BCUT2D eigenvalue weighted by Gasteiger charge is -2.08. The van der Waals surface area contributed by atoms with Gasteiger partial charge in [-0.15, -0.1) is 11.3 Å². The van der Waals surface area contributed by atoms with Gasteiger partial charge in [0.15, 0.2) is 9.84 Å². The lowest BCUT2D eigenvalue weighted by atomic mass is 10.4. The Kier molecular flexibility index (Phi) is 5.37. The Bertz CT molecular complexity index is 994. The van der Waals surface area contributed by atoms with Crippen LogP contribution in [-0.4, -0.2) is 34.3 Å². The van der Waals surface area contributed by atoms with Crippen molar-refractivity contribution in [2.75, 3.05) is 6.26 Å². The maximum atomic E-state index is 12.7. The summed E-state index contributed by atoms with van der Waals surface area (Å²) < 4.78 is 48.8. The molecule has 2 N–H and O–H groups in total. The van der Waals surface area contributed by atoms with Crippen LogP contribution in [-0.2, 0) is 26.2 Å². The summed E-state index contributed by atoms with van der Waals surface area (Å²) >= 11 is 4.19. The fourth-order valence-corrected chi connectivity index (χ4v) is 6.73. The summed E-state index contributed by atoms with van der Waals surface area (Å²) in [6.07, 6.45) is -0.234. The van der Waals surface area contributed by atoms with Gasteiger partial charge in [-0.1, -0.05) is 0 Å². The maximum Gasteiger partial charge on any atom is 0.404 e. The molecule has 0 saturated heterocycles. The maximum absolute atomic E-state index is 12.7. The molecule has 1 heterocycles. The molecule has 1 aromatic heterocycles. The second-order valence-electron chi connectivity index (χ2n) is 4.73. The molecule has 0 fully saturated rings. The highest BCUT2D eigenvalue weighted by atomic mass is 79.9. The third-order valence-electron chi connectivity index (χ3n) is 3.01. The van der Waals surface area contributed by atoms with Crippen LogP contribution in [0.2, 0.25) is 0 Å². The number of amides is 1. The van der Waals surface area contributed by atoms with Crippen LogP contribution in [0.5, 0.6) is 0 Å². The zero-order chi connectivity index (χ0) is 18.1. The number of hydrogen-bond acceptors (Lipinski definition) is 6. The number of rotatable bonds is 5. The lowest BCUT2D eigenvalue weighted by molar-refractivity contribution is 0.194. The van der Waals surface area contributed by atoms with Crippen molar-refractivity contribution < 1.29 is 26.7 Å². The number of halogens is 1.